The van der Waals surface area contributed by atoms with E-state index in [1.54, 1.807) is 0 Å². The molecule has 0 unspecified atom stereocenters. The number of piperidine rings is 1. The minimum Gasteiger partial charge on any atom is -0.298 e. The Morgan fingerprint density at radius 3 is 2.38 bits per heavy atom. The molecule has 0 aromatic rings. The van der Waals surface area contributed by atoms with Gasteiger partial charge in [0.1, 0.15) is 12.0 Å². The summed E-state index contributed by atoms with van der Waals surface area (Å²) in [5, 5.41) is 0. The van der Waals surface area contributed by atoms with E-state index in [1.807, 2.05) is 25.8 Å². The lowest BCUT2D eigenvalue weighted by Gasteiger charge is -2.32. The fourth-order valence-electron chi connectivity index (χ4n) is 1.52. The number of nitrogens with zero attached hydrogens (tertiary/aromatic N) is 1. The van der Waals surface area contributed by atoms with Gasteiger partial charge in [-0.25, -0.2) is 4.39 Å². The quantitative estimate of drug-likeness (QED) is 0.629. The molecule has 1 rings (SSSR count). The Morgan fingerprint density at radius 2 is 2.00 bits per heavy atom. The molecule has 1 heterocycles. The highest BCUT2D eigenvalue weighted by Crippen LogP contribution is 2.18. The van der Waals surface area contributed by atoms with Crippen molar-refractivity contribution in [1.29, 1.82) is 0 Å². The van der Waals surface area contributed by atoms with Crippen LogP contribution in [-0.2, 0) is 4.79 Å². The van der Waals surface area contributed by atoms with Gasteiger partial charge in [-0.2, -0.15) is 0 Å². The lowest BCUT2D eigenvalue weighted by molar-refractivity contribution is -0.123. The van der Waals surface area contributed by atoms with Crippen LogP contribution in [0, 0.1) is 0 Å². The Kier molecular flexibility index (Phi) is 5.88. The molecular formula is C10H20FNO. The highest BCUT2D eigenvalue weighted by molar-refractivity contribution is 5.81. The van der Waals surface area contributed by atoms with Crippen LogP contribution in [0.5, 0.6) is 0 Å². The van der Waals surface area contributed by atoms with Gasteiger partial charge < -0.3 is 0 Å². The van der Waals surface area contributed by atoms with E-state index in [9.17, 15) is 9.18 Å². The number of likely N-dealkylation sites (N-methyl/N-ethyl adjacent to an activating group) is 1. The number of likely N-dealkylation sites (tertiary alicyclic amines) is 1. The first-order valence-electron chi connectivity index (χ1n) is 4.96. The number of alkyl halides is 1. The molecule has 78 valence electrons. The summed E-state index contributed by atoms with van der Waals surface area (Å²) in [6.45, 7) is 6.23. The van der Waals surface area contributed by atoms with Gasteiger partial charge in [0.25, 0.3) is 0 Å². The van der Waals surface area contributed by atoms with E-state index in [0.29, 0.717) is 19.4 Å². The van der Waals surface area contributed by atoms with Crippen LogP contribution in [-0.4, -0.2) is 36.5 Å². The standard InChI is InChI=1S/C8H14FNO.C2H6/c1-6(11)8-5-7(9)3-4-10(8)2;1-2/h7-8H,3-5H2,1-2H3;1-2H3/t7-,8+;/m1./s1. The molecule has 0 bridgehead atoms. The Labute approximate surface area is 80.1 Å². The average Bonchev–Trinajstić information content (AvgIpc) is 2.12. The highest BCUT2D eigenvalue weighted by atomic mass is 19.1. The number of hydrogen-bond donors (Lipinski definition) is 0. The Morgan fingerprint density at radius 1 is 1.46 bits per heavy atom. The summed E-state index contributed by atoms with van der Waals surface area (Å²) < 4.78 is 12.8. The summed E-state index contributed by atoms with van der Waals surface area (Å²) in [6.07, 6.45) is 0.173. The van der Waals surface area contributed by atoms with Crippen molar-refractivity contribution < 1.29 is 9.18 Å². The van der Waals surface area contributed by atoms with Gasteiger partial charge in [0, 0.05) is 13.0 Å². The summed E-state index contributed by atoms with van der Waals surface area (Å²) in [5.74, 6) is 0.0786. The summed E-state index contributed by atoms with van der Waals surface area (Å²) >= 11 is 0. The molecule has 2 atom stereocenters. The van der Waals surface area contributed by atoms with E-state index < -0.39 is 6.17 Å². The van der Waals surface area contributed by atoms with Gasteiger partial charge in [0.2, 0.25) is 0 Å². The smallest absolute Gasteiger partial charge is 0.146 e. The van der Waals surface area contributed by atoms with Gasteiger partial charge in [-0.3, -0.25) is 9.69 Å². The van der Waals surface area contributed by atoms with Crippen LogP contribution in [0.1, 0.15) is 33.6 Å². The number of hydrogen-bond acceptors (Lipinski definition) is 2. The van der Waals surface area contributed by atoms with Gasteiger partial charge in [-0.1, -0.05) is 13.8 Å². The number of rotatable bonds is 1. The molecule has 0 aromatic heterocycles. The molecule has 0 spiro atoms. The molecule has 0 saturated carbocycles. The monoisotopic (exact) mass is 189 g/mol. The molecule has 1 aliphatic rings. The second kappa shape index (κ2) is 6.08. The topological polar surface area (TPSA) is 20.3 Å². The first-order chi connectivity index (χ1) is 6.11. The zero-order chi connectivity index (χ0) is 10.4. The van der Waals surface area contributed by atoms with E-state index in [1.165, 1.54) is 6.92 Å². The fraction of sp³-hybridized carbons (Fsp3) is 0.900. The van der Waals surface area contributed by atoms with Crippen LogP contribution in [0.2, 0.25) is 0 Å². The average molecular weight is 189 g/mol. The summed E-state index contributed by atoms with van der Waals surface area (Å²) in [4.78, 5) is 12.9. The zero-order valence-electron chi connectivity index (χ0n) is 9.01. The van der Waals surface area contributed by atoms with Crippen LogP contribution in [0.25, 0.3) is 0 Å². The SMILES string of the molecule is CC.CC(=O)[C@@H]1C[C@H](F)CCN1C. The van der Waals surface area contributed by atoms with Crippen molar-refractivity contribution in [1.82, 2.24) is 4.90 Å². The van der Waals surface area contributed by atoms with Crippen molar-refractivity contribution in [2.24, 2.45) is 0 Å². The minimum absolute atomic E-state index is 0.0786. The third-order valence-electron chi connectivity index (χ3n) is 2.28. The predicted octanol–water partition coefficient (Wildman–Crippen LogP) is 2.03. The van der Waals surface area contributed by atoms with E-state index in [4.69, 9.17) is 0 Å². The third-order valence-corrected chi connectivity index (χ3v) is 2.28. The van der Waals surface area contributed by atoms with E-state index in [-0.39, 0.29) is 11.8 Å². The first-order valence-corrected chi connectivity index (χ1v) is 4.96. The molecule has 0 radical (unpaired) electrons. The summed E-state index contributed by atoms with van der Waals surface area (Å²) in [7, 11) is 1.87. The third kappa shape index (κ3) is 3.85. The molecule has 2 nitrogen and oxygen atoms in total. The summed E-state index contributed by atoms with van der Waals surface area (Å²) in [5.41, 5.74) is 0. The van der Waals surface area contributed by atoms with Gasteiger partial charge in [-0.15, -0.1) is 0 Å². The molecular weight excluding hydrogens is 169 g/mol. The van der Waals surface area contributed by atoms with Crippen LogP contribution in [0.15, 0.2) is 0 Å². The molecule has 3 heteroatoms. The Balaban J connectivity index is 0.000000671. The van der Waals surface area contributed by atoms with Crippen LogP contribution in [0.3, 0.4) is 0 Å². The lowest BCUT2D eigenvalue weighted by Crippen LogP contribution is -2.44. The fourth-order valence-corrected chi connectivity index (χ4v) is 1.52. The van der Waals surface area contributed by atoms with Crippen molar-refractivity contribution in [3.05, 3.63) is 0 Å². The maximum absolute atomic E-state index is 12.8. The number of Topliss-reactive ketones (excluding diaryl/α,β-unsaturated/α-hetero) is 1. The molecule has 1 fully saturated rings. The molecule has 0 aromatic carbocycles. The van der Waals surface area contributed by atoms with Crippen molar-refractivity contribution in [2.75, 3.05) is 13.6 Å². The Bertz CT molecular complexity index is 161. The second-order valence-electron chi connectivity index (χ2n) is 3.23. The number of ketones is 1. The van der Waals surface area contributed by atoms with Crippen LogP contribution >= 0.6 is 0 Å². The zero-order valence-corrected chi connectivity index (χ0v) is 9.01. The molecule has 0 aliphatic carbocycles. The molecule has 13 heavy (non-hydrogen) atoms. The van der Waals surface area contributed by atoms with Gasteiger partial charge >= 0.3 is 0 Å². The van der Waals surface area contributed by atoms with Gasteiger partial charge in [0.05, 0.1) is 6.04 Å². The lowest BCUT2D eigenvalue weighted by atomic mass is 9.98. The van der Waals surface area contributed by atoms with E-state index >= 15 is 0 Å². The summed E-state index contributed by atoms with van der Waals surface area (Å²) in [6, 6.07) is -0.182. The Hall–Kier alpha value is -0.440. The molecule has 1 saturated heterocycles. The van der Waals surface area contributed by atoms with Gasteiger partial charge in [0.15, 0.2) is 0 Å². The van der Waals surface area contributed by atoms with Crippen molar-refractivity contribution >= 4 is 5.78 Å². The highest BCUT2D eigenvalue weighted by Gasteiger charge is 2.28. The molecule has 0 N–H and O–H groups in total. The van der Waals surface area contributed by atoms with Gasteiger partial charge in [-0.05, 0) is 20.4 Å². The molecule has 1 aliphatic heterocycles. The molecule has 0 amide bonds. The van der Waals surface area contributed by atoms with Crippen LogP contribution < -0.4 is 0 Å². The normalized spacial score (nSPS) is 29.0. The second-order valence-corrected chi connectivity index (χ2v) is 3.23. The first kappa shape index (κ1) is 12.6. The van der Waals surface area contributed by atoms with Crippen molar-refractivity contribution in [3.63, 3.8) is 0 Å². The maximum Gasteiger partial charge on any atom is 0.146 e. The predicted molar refractivity (Wildman–Crippen MR) is 52.6 cm³/mol. The van der Waals surface area contributed by atoms with Crippen molar-refractivity contribution in [3.8, 4) is 0 Å². The van der Waals surface area contributed by atoms with E-state index in [0.717, 1.165) is 0 Å². The number of halogens is 1. The maximum atomic E-state index is 12.8. The number of carbonyl (C=O) groups is 1. The largest absolute Gasteiger partial charge is 0.298 e. The van der Waals surface area contributed by atoms with Crippen molar-refractivity contribution in [2.45, 2.75) is 45.8 Å². The minimum atomic E-state index is -0.778. The van der Waals surface area contributed by atoms with E-state index in [2.05, 4.69) is 0 Å². The van der Waals surface area contributed by atoms with Crippen LogP contribution in [0.4, 0.5) is 4.39 Å². The number of carbonyl (C=O) groups excluding carboxylic acids is 1.